The molecule has 1 aromatic heterocycles. The Labute approximate surface area is 131 Å². The average Bonchev–Trinajstić information content (AvgIpc) is 2.61. The standard InChI is InChI=1S/C16H24N4O2/c21-16(15-18-6-1-7-19-15)20-9-4-13(5-10-20)2-3-14-12-17-8-11-22-14/h1,6-7,13-14,17H,2-5,8-12H2. The van der Waals surface area contributed by atoms with Crippen LogP contribution in [0, 0.1) is 5.92 Å². The van der Waals surface area contributed by atoms with Gasteiger partial charge in [0.05, 0.1) is 12.7 Å². The molecule has 0 radical (unpaired) electrons. The van der Waals surface area contributed by atoms with Gasteiger partial charge in [-0.15, -0.1) is 0 Å². The van der Waals surface area contributed by atoms with E-state index in [9.17, 15) is 4.79 Å². The van der Waals surface area contributed by atoms with Gasteiger partial charge in [0, 0.05) is 38.6 Å². The van der Waals surface area contributed by atoms with Crippen molar-refractivity contribution in [3.05, 3.63) is 24.3 Å². The highest BCUT2D eigenvalue weighted by atomic mass is 16.5. The molecule has 0 bridgehead atoms. The maximum atomic E-state index is 12.3. The van der Waals surface area contributed by atoms with Crippen LogP contribution in [0.2, 0.25) is 0 Å². The van der Waals surface area contributed by atoms with Crippen LogP contribution in [-0.4, -0.2) is 59.7 Å². The Bertz CT molecular complexity index is 468. The van der Waals surface area contributed by atoms with Crippen molar-refractivity contribution < 1.29 is 9.53 Å². The van der Waals surface area contributed by atoms with E-state index >= 15 is 0 Å². The maximum absolute atomic E-state index is 12.3. The highest BCUT2D eigenvalue weighted by Crippen LogP contribution is 2.24. The van der Waals surface area contributed by atoms with E-state index < -0.39 is 0 Å². The summed E-state index contributed by atoms with van der Waals surface area (Å²) < 4.78 is 5.74. The number of amides is 1. The number of piperidine rings is 1. The average molecular weight is 304 g/mol. The van der Waals surface area contributed by atoms with E-state index in [4.69, 9.17) is 4.74 Å². The summed E-state index contributed by atoms with van der Waals surface area (Å²) in [5.41, 5.74) is 0. The van der Waals surface area contributed by atoms with Crippen LogP contribution in [0.3, 0.4) is 0 Å². The molecule has 2 aliphatic heterocycles. The summed E-state index contributed by atoms with van der Waals surface area (Å²) in [6, 6.07) is 1.73. The second kappa shape index (κ2) is 7.65. The van der Waals surface area contributed by atoms with E-state index in [0.29, 0.717) is 17.8 Å². The maximum Gasteiger partial charge on any atom is 0.291 e. The Morgan fingerprint density at radius 1 is 1.27 bits per heavy atom. The minimum absolute atomic E-state index is 0.0427. The molecule has 0 aromatic carbocycles. The van der Waals surface area contributed by atoms with Crippen LogP contribution in [0.15, 0.2) is 18.5 Å². The molecule has 2 aliphatic rings. The minimum Gasteiger partial charge on any atom is -0.376 e. The van der Waals surface area contributed by atoms with Crippen molar-refractivity contribution in [2.24, 2.45) is 5.92 Å². The smallest absolute Gasteiger partial charge is 0.291 e. The Balaban J connectivity index is 1.41. The Kier molecular flexibility index (Phi) is 5.34. The van der Waals surface area contributed by atoms with Crippen molar-refractivity contribution >= 4 is 5.91 Å². The van der Waals surface area contributed by atoms with E-state index in [1.807, 2.05) is 4.90 Å². The molecule has 1 amide bonds. The molecule has 1 unspecified atom stereocenters. The van der Waals surface area contributed by atoms with Gasteiger partial charge in [-0.05, 0) is 37.7 Å². The molecule has 3 rings (SSSR count). The monoisotopic (exact) mass is 304 g/mol. The molecular formula is C16H24N4O2. The predicted molar refractivity (Wildman–Crippen MR) is 82.5 cm³/mol. The van der Waals surface area contributed by atoms with Crippen molar-refractivity contribution in [3.63, 3.8) is 0 Å². The van der Waals surface area contributed by atoms with E-state index in [1.54, 1.807) is 18.5 Å². The van der Waals surface area contributed by atoms with Gasteiger partial charge < -0.3 is 15.0 Å². The predicted octanol–water partition coefficient (Wildman–Crippen LogP) is 1.10. The van der Waals surface area contributed by atoms with Gasteiger partial charge in [-0.25, -0.2) is 9.97 Å². The largest absolute Gasteiger partial charge is 0.376 e. The molecule has 2 saturated heterocycles. The zero-order chi connectivity index (χ0) is 15.2. The fraction of sp³-hybridized carbons (Fsp3) is 0.688. The summed E-state index contributed by atoms with van der Waals surface area (Å²) in [4.78, 5) is 22.3. The van der Waals surface area contributed by atoms with Gasteiger partial charge in [0.2, 0.25) is 5.82 Å². The summed E-state index contributed by atoms with van der Waals surface area (Å²) in [5.74, 6) is 0.966. The van der Waals surface area contributed by atoms with Crippen molar-refractivity contribution in [1.82, 2.24) is 20.2 Å². The van der Waals surface area contributed by atoms with E-state index in [-0.39, 0.29) is 5.91 Å². The first-order valence-electron chi connectivity index (χ1n) is 8.21. The number of hydrogen-bond acceptors (Lipinski definition) is 5. The number of carbonyl (C=O) groups is 1. The summed E-state index contributed by atoms with van der Waals surface area (Å²) in [5, 5.41) is 3.37. The fourth-order valence-corrected chi connectivity index (χ4v) is 3.20. The Hall–Kier alpha value is -1.53. The first-order chi connectivity index (χ1) is 10.8. The van der Waals surface area contributed by atoms with Gasteiger partial charge in [-0.1, -0.05) is 0 Å². The molecular weight excluding hydrogens is 280 g/mol. The van der Waals surface area contributed by atoms with Crippen LogP contribution in [0.5, 0.6) is 0 Å². The molecule has 0 spiro atoms. The lowest BCUT2D eigenvalue weighted by molar-refractivity contribution is 0.0175. The number of ether oxygens (including phenoxy) is 1. The molecule has 6 heteroatoms. The zero-order valence-electron chi connectivity index (χ0n) is 12.9. The lowest BCUT2D eigenvalue weighted by Crippen LogP contribution is -2.40. The zero-order valence-corrected chi connectivity index (χ0v) is 12.9. The van der Waals surface area contributed by atoms with Crippen LogP contribution < -0.4 is 5.32 Å². The van der Waals surface area contributed by atoms with Crippen LogP contribution in [0.25, 0.3) is 0 Å². The second-order valence-corrected chi connectivity index (χ2v) is 6.08. The van der Waals surface area contributed by atoms with E-state index in [0.717, 1.165) is 52.0 Å². The number of nitrogens with one attached hydrogen (secondary N) is 1. The molecule has 120 valence electrons. The quantitative estimate of drug-likeness (QED) is 0.902. The summed E-state index contributed by atoms with van der Waals surface area (Å²) in [7, 11) is 0. The molecule has 1 N–H and O–H groups in total. The first kappa shape index (κ1) is 15.4. The Morgan fingerprint density at radius 2 is 2.05 bits per heavy atom. The molecule has 1 aromatic rings. The third-order valence-corrected chi connectivity index (χ3v) is 4.56. The fourth-order valence-electron chi connectivity index (χ4n) is 3.20. The summed E-state index contributed by atoms with van der Waals surface area (Å²) >= 11 is 0. The number of hydrogen-bond donors (Lipinski definition) is 1. The Morgan fingerprint density at radius 3 is 2.73 bits per heavy atom. The third kappa shape index (κ3) is 4.01. The van der Waals surface area contributed by atoms with Gasteiger partial charge in [-0.3, -0.25) is 4.79 Å². The molecule has 0 aliphatic carbocycles. The number of aromatic nitrogens is 2. The summed E-state index contributed by atoms with van der Waals surface area (Å²) in [6.45, 7) is 4.40. The van der Waals surface area contributed by atoms with Crippen molar-refractivity contribution in [1.29, 1.82) is 0 Å². The molecule has 22 heavy (non-hydrogen) atoms. The van der Waals surface area contributed by atoms with Crippen LogP contribution in [-0.2, 0) is 4.74 Å². The number of nitrogens with zero attached hydrogens (tertiary/aromatic N) is 3. The number of likely N-dealkylation sites (tertiary alicyclic amines) is 1. The van der Waals surface area contributed by atoms with Crippen molar-refractivity contribution in [2.75, 3.05) is 32.8 Å². The second-order valence-electron chi connectivity index (χ2n) is 6.08. The lowest BCUT2D eigenvalue weighted by Gasteiger charge is -2.32. The highest BCUT2D eigenvalue weighted by molar-refractivity contribution is 5.90. The molecule has 0 saturated carbocycles. The minimum atomic E-state index is -0.0427. The van der Waals surface area contributed by atoms with Crippen LogP contribution in [0.4, 0.5) is 0 Å². The molecule has 1 atom stereocenters. The third-order valence-electron chi connectivity index (χ3n) is 4.56. The van der Waals surface area contributed by atoms with Gasteiger partial charge in [-0.2, -0.15) is 0 Å². The normalized spacial score (nSPS) is 23.5. The number of carbonyl (C=O) groups excluding carboxylic acids is 1. The van der Waals surface area contributed by atoms with Crippen LogP contribution >= 0.6 is 0 Å². The molecule has 2 fully saturated rings. The summed E-state index contributed by atoms with van der Waals surface area (Å²) in [6.07, 6.45) is 8.04. The number of rotatable bonds is 4. The van der Waals surface area contributed by atoms with Crippen LogP contribution in [0.1, 0.15) is 36.3 Å². The van der Waals surface area contributed by atoms with Gasteiger partial charge >= 0.3 is 0 Å². The van der Waals surface area contributed by atoms with Gasteiger partial charge in [0.15, 0.2) is 0 Å². The van der Waals surface area contributed by atoms with Gasteiger partial charge in [0.1, 0.15) is 0 Å². The van der Waals surface area contributed by atoms with E-state index in [2.05, 4.69) is 15.3 Å². The number of morpholine rings is 1. The SMILES string of the molecule is O=C(c1ncccn1)N1CCC(CCC2CNCCO2)CC1. The topological polar surface area (TPSA) is 67.4 Å². The van der Waals surface area contributed by atoms with E-state index in [1.165, 1.54) is 6.42 Å². The van der Waals surface area contributed by atoms with Crippen molar-refractivity contribution in [2.45, 2.75) is 31.8 Å². The first-order valence-corrected chi connectivity index (χ1v) is 8.21. The lowest BCUT2D eigenvalue weighted by atomic mass is 9.91. The van der Waals surface area contributed by atoms with Gasteiger partial charge in [0.25, 0.3) is 5.91 Å². The molecule has 6 nitrogen and oxygen atoms in total. The molecule has 3 heterocycles. The highest BCUT2D eigenvalue weighted by Gasteiger charge is 2.25. The van der Waals surface area contributed by atoms with Crippen molar-refractivity contribution in [3.8, 4) is 0 Å².